The van der Waals surface area contributed by atoms with E-state index in [0.717, 1.165) is 11.3 Å². The van der Waals surface area contributed by atoms with Gasteiger partial charge in [-0.3, -0.25) is 0 Å². The third kappa shape index (κ3) is 3.80. The first-order valence-corrected chi connectivity index (χ1v) is 8.52. The highest BCUT2D eigenvalue weighted by molar-refractivity contribution is 9.10. The zero-order valence-corrected chi connectivity index (χ0v) is 13.1. The Labute approximate surface area is 125 Å². The lowest BCUT2D eigenvalue weighted by atomic mass is 10.2. The van der Waals surface area contributed by atoms with Gasteiger partial charge < -0.3 is 5.32 Å². The highest BCUT2D eigenvalue weighted by atomic mass is 79.9. The summed E-state index contributed by atoms with van der Waals surface area (Å²) in [6.07, 6.45) is 1.17. The molecule has 0 aromatic heterocycles. The third-order valence-corrected chi connectivity index (χ3v) is 4.65. The van der Waals surface area contributed by atoms with Gasteiger partial charge in [0, 0.05) is 23.0 Å². The normalized spacial score (nSPS) is 11.3. The largest absolute Gasteiger partial charge is 0.381 e. The Balaban J connectivity index is 2.08. The second-order valence-corrected chi connectivity index (χ2v) is 7.26. The molecule has 106 valence electrons. The van der Waals surface area contributed by atoms with Gasteiger partial charge >= 0.3 is 0 Å². The molecule has 0 saturated carbocycles. The molecule has 6 heteroatoms. The van der Waals surface area contributed by atoms with E-state index in [0.29, 0.717) is 11.0 Å². The molecular weight excluding hydrogens is 345 g/mol. The summed E-state index contributed by atoms with van der Waals surface area (Å²) in [5.41, 5.74) is 1.72. The van der Waals surface area contributed by atoms with Crippen molar-refractivity contribution in [3.8, 4) is 0 Å². The Morgan fingerprint density at radius 2 is 1.80 bits per heavy atom. The lowest BCUT2D eigenvalue weighted by Gasteiger charge is -2.09. The van der Waals surface area contributed by atoms with Gasteiger partial charge in [-0.05, 0) is 42.0 Å². The highest BCUT2D eigenvalue weighted by Crippen LogP contribution is 2.20. The third-order valence-electron chi connectivity index (χ3n) is 2.78. The molecule has 3 nitrogen and oxygen atoms in total. The van der Waals surface area contributed by atoms with Crippen LogP contribution in [0.2, 0.25) is 0 Å². The SMILES string of the molecule is CS(=O)(=O)c1ccc(NCc2ccc(F)cc2Br)cc1. The van der Waals surface area contributed by atoms with Crippen LogP contribution in [0.5, 0.6) is 0 Å². The van der Waals surface area contributed by atoms with Crippen molar-refractivity contribution in [1.82, 2.24) is 0 Å². The van der Waals surface area contributed by atoms with Crippen molar-refractivity contribution in [2.45, 2.75) is 11.4 Å². The molecule has 0 saturated heterocycles. The monoisotopic (exact) mass is 357 g/mol. The van der Waals surface area contributed by atoms with Crippen molar-refractivity contribution < 1.29 is 12.8 Å². The summed E-state index contributed by atoms with van der Waals surface area (Å²) in [6, 6.07) is 11.0. The minimum atomic E-state index is -3.18. The maximum Gasteiger partial charge on any atom is 0.175 e. The van der Waals surface area contributed by atoms with Crippen LogP contribution in [0, 0.1) is 5.82 Å². The molecular formula is C14H13BrFNO2S. The standard InChI is InChI=1S/C14H13BrFNO2S/c1-20(18,19)13-6-4-12(5-7-13)17-9-10-2-3-11(16)8-14(10)15/h2-8,17H,9H2,1H3. The van der Waals surface area contributed by atoms with Gasteiger partial charge in [-0.1, -0.05) is 22.0 Å². The molecule has 0 aliphatic heterocycles. The van der Waals surface area contributed by atoms with Gasteiger partial charge in [-0.25, -0.2) is 12.8 Å². The molecule has 1 N–H and O–H groups in total. The number of hydrogen-bond acceptors (Lipinski definition) is 3. The van der Waals surface area contributed by atoms with E-state index >= 15 is 0 Å². The van der Waals surface area contributed by atoms with Crippen molar-refractivity contribution in [2.75, 3.05) is 11.6 Å². The molecule has 2 rings (SSSR count). The van der Waals surface area contributed by atoms with E-state index in [-0.39, 0.29) is 10.7 Å². The molecule has 0 radical (unpaired) electrons. The van der Waals surface area contributed by atoms with Crippen LogP contribution in [0.1, 0.15) is 5.56 Å². The number of hydrogen-bond donors (Lipinski definition) is 1. The zero-order valence-electron chi connectivity index (χ0n) is 10.7. The van der Waals surface area contributed by atoms with Crippen LogP contribution in [0.3, 0.4) is 0 Å². The maximum atomic E-state index is 13.0. The molecule has 0 bridgehead atoms. The smallest absolute Gasteiger partial charge is 0.175 e. The average molecular weight is 358 g/mol. The van der Waals surface area contributed by atoms with Crippen molar-refractivity contribution in [3.63, 3.8) is 0 Å². The number of halogens is 2. The lowest BCUT2D eigenvalue weighted by molar-refractivity contribution is 0.602. The first-order chi connectivity index (χ1) is 9.36. The molecule has 0 spiro atoms. The predicted octanol–water partition coefficient (Wildman–Crippen LogP) is 3.60. The van der Waals surface area contributed by atoms with Gasteiger partial charge in [0.2, 0.25) is 0 Å². The minimum absolute atomic E-state index is 0.283. The fourth-order valence-corrected chi connectivity index (χ4v) is 2.80. The molecule has 0 fully saturated rings. The van der Waals surface area contributed by atoms with Crippen LogP contribution < -0.4 is 5.32 Å². The van der Waals surface area contributed by atoms with Gasteiger partial charge in [-0.15, -0.1) is 0 Å². The molecule has 20 heavy (non-hydrogen) atoms. The van der Waals surface area contributed by atoms with Crippen LogP contribution in [0.25, 0.3) is 0 Å². The van der Waals surface area contributed by atoms with Crippen LogP contribution in [-0.2, 0) is 16.4 Å². The Kier molecular flexibility index (Phi) is 4.45. The molecule has 0 amide bonds. The molecule has 2 aromatic rings. The van der Waals surface area contributed by atoms with Gasteiger partial charge in [0.05, 0.1) is 4.90 Å². The summed E-state index contributed by atoms with van der Waals surface area (Å²) in [7, 11) is -3.18. The van der Waals surface area contributed by atoms with Crippen molar-refractivity contribution in [1.29, 1.82) is 0 Å². The summed E-state index contributed by atoms with van der Waals surface area (Å²) < 4.78 is 36.3. The van der Waals surface area contributed by atoms with Gasteiger partial charge in [-0.2, -0.15) is 0 Å². The van der Waals surface area contributed by atoms with Crippen molar-refractivity contribution in [2.24, 2.45) is 0 Å². The van der Waals surface area contributed by atoms with E-state index in [4.69, 9.17) is 0 Å². The number of nitrogens with one attached hydrogen (secondary N) is 1. The van der Waals surface area contributed by atoms with Crippen molar-refractivity contribution in [3.05, 3.63) is 58.3 Å². The number of sulfone groups is 1. The number of rotatable bonds is 4. The minimum Gasteiger partial charge on any atom is -0.381 e. The van der Waals surface area contributed by atoms with E-state index in [1.807, 2.05) is 0 Å². The average Bonchev–Trinajstić information content (AvgIpc) is 2.37. The molecule has 0 atom stereocenters. The molecule has 0 aliphatic rings. The van der Waals surface area contributed by atoms with E-state index < -0.39 is 9.84 Å². The summed E-state index contributed by atoms with van der Waals surface area (Å²) in [5.74, 6) is -0.293. The predicted molar refractivity (Wildman–Crippen MR) is 81.0 cm³/mol. The van der Waals surface area contributed by atoms with Crippen LogP contribution in [0.4, 0.5) is 10.1 Å². The Morgan fingerprint density at radius 1 is 1.15 bits per heavy atom. The second kappa shape index (κ2) is 5.93. The van der Waals surface area contributed by atoms with Crippen LogP contribution in [-0.4, -0.2) is 14.7 Å². The van der Waals surface area contributed by atoms with Gasteiger partial charge in [0.25, 0.3) is 0 Å². The number of anilines is 1. The quantitative estimate of drug-likeness (QED) is 0.908. The molecule has 2 aromatic carbocycles. The van der Waals surface area contributed by atoms with E-state index in [2.05, 4.69) is 21.2 Å². The summed E-state index contributed by atoms with van der Waals surface area (Å²) in [6.45, 7) is 0.513. The van der Waals surface area contributed by atoms with Crippen LogP contribution >= 0.6 is 15.9 Å². The maximum absolute atomic E-state index is 13.0. The topological polar surface area (TPSA) is 46.2 Å². The Bertz CT molecular complexity index is 714. The van der Waals surface area contributed by atoms with Gasteiger partial charge in [0.1, 0.15) is 5.82 Å². The second-order valence-electron chi connectivity index (χ2n) is 4.39. The fourth-order valence-electron chi connectivity index (χ4n) is 1.68. The lowest BCUT2D eigenvalue weighted by Crippen LogP contribution is -2.01. The van der Waals surface area contributed by atoms with Gasteiger partial charge in [0.15, 0.2) is 9.84 Å². The fraction of sp³-hybridized carbons (Fsp3) is 0.143. The molecule has 0 aliphatic carbocycles. The van der Waals surface area contributed by atoms with E-state index in [9.17, 15) is 12.8 Å². The van der Waals surface area contributed by atoms with Crippen LogP contribution in [0.15, 0.2) is 51.8 Å². The Morgan fingerprint density at radius 3 is 2.35 bits per heavy atom. The summed E-state index contributed by atoms with van der Waals surface area (Å²) in [5, 5.41) is 3.15. The first kappa shape index (κ1) is 15.0. The molecule has 0 unspecified atom stereocenters. The Hall–Kier alpha value is -1.40. The summed E-state index contributed by atoms with van der Waals surface area (Å²) in [4.78, 5) is 0.283. The highest BCUT2D eigenvalue weighted by Gasteiger charge is 2.06. The first-order valence-electron chi connectivity index (χ1n) is 5.84. The zero-order chi connectivity index (χ0) is 14.8. The summed E-state index contributed by atoms with van der Waals surface area (Å²) >= 11 is 3.30. The van der Waals surface area contributed by atoms with E-state index in [1.165, 1.54) is 18.4 Å². The molecule has 0 heterocycles. The van der Waals surface area contributed by atoms with E-state index in [1.54, 1.807) is 30.3 Å². The van der Waals surface area contributed by atoms with Crippen molar-refractivity contribution >= 4 is 31.5 Å². The number of benzene rings is 2.